The molecule has 6 aromatic carbocycles. The van der Waals surface area contributed by atoms with E-state index in [-0.39, 0.29) is 80.5 Å². The van der Waals surface area contributed by atoms with Crippen LogP contribution in [0.3, 0.4) is 0 Å². The SMILES string of the molecule is C#CCCN.C#CCCN1C(=O)c2ccccc2C1=O.C#CCCNC(=O)c1ccc(Cl)c(Cl)c1.C#CCCO.CCOC(=O)/C(Cl)=N/O.CCOC(=O)c1cc(CCNC(=O)c2ccc(Cl)c(Cl)c2)on1.N=N.O=C(Cl)c1ccc(Cl)c(Cl)c1.O=C(NCCc1cc(C(=O)NO)no1)c1ccc(Cl)c(Cl)c1.O=C1NC(=O)c2ccccc21.[HH]. The molecule has 30 nitrogen and oxygen atoms in total. The lowest BCUT2D eigenvalue weighted by Crippen LogP contribution is -2.30. The third-order valence-electron chi connectivity index (χ3n) is 13.6. The highest BCUT2D eigenvalue weighted by Crippen LogP contribution is 2.27. The Bertz CT molecular complexity index is 4890. The number of amides is 8. The fourth-order valence-electron chi connectivity index (χ4n) is 8.13. The number of hydrogen-bond donors (Lipinski definition) is 11. The highest BCUT2D eigenvalue weighted by Gasteiger charge is 2.34. The van der Waals surface area contributed by atoms with Gasteiger partial charge in [-0.3, -0.25) is 58.6 Å². The number of imide groups is 2. The number of hydrogen-bond acceptors (Lipinski definition) is 24. The average Bonchev–Trinajstić information content (AvgIpc) is 1.64. The van der Waals surface area contributed by atoms with Gasteiger partial charge in [0.15, 0.2) is 11.4 Å². The normalized spacial score (nSPS) is 10.6. The number of esters is 2. The second-order valence-electron chi connectivity index (χ2n) is 21.7. The van der Waals surface area contributed by atoms with Crippen molar-refractivity contribution in [3.8, 4) is 49.4 Å². The number of terminal acetylenes is 4. The maximum absolute atomic E-state index is 12.0. The number of rotatable bonds is 21. The minimum atomic E-state index is -0.818. The molecule has 2 aliphatic heterocycles. The van der Waals surface area contributed by atoms with Gasteiger partial charge in [-0.2, -0.15) is 0 Å². The van der Waals surface area contributed by atoms with Gasteiger partial charge in [0.1, 0.15) is 11.5 Å². The maximum Gasteiger partial charge on any atom is 0.372 e. The summed E-state index contributed by atoms with van der Waals surface area (Å²) in [6.07, 6.45) is 22.5. The molecule has 0 spiro atoms. The molecule has 2 aromatic heterocycles. The topological polar surface area (TPSA) is 468 Å². The van der Waals surface area contributed by atoms with Crippen LogP contribution < -0.4 is 32.5 Å². The van der Waals surface area contributed by atoms with Crippen molar-refractivity contribution in [2.45, 2.75) is 52.4 Å². The molecule has 0 aliphatic carbocycles. The van der Waals surface area contributed by atoms with Gasteiger partial charge >= 0.3 is 11.9 Å². The molecule has 0 atom stereocenters. The van der Waals surface area contributed by atoms with E-state index in [1.54, 1.807) is 92.7 Å². The number of ether oxygens (including phenoxy) is 2. The predicted octanol–water partition coefficient (Wildman–Crippen LogP) is 14.6. The molecule has 0 saturated heterocycles. The molecule has 8 amide bonds. The van der Waals surface area contributed by atoms with Crippen LogP contribution in [0.1, 0.15) is 156 Å². The van der Waals surface area contributed by atoms with E-state index in [0.29, 0.717) is 161 Å². The molecule has 624 valence electrons. The van der Waals surface area contributed by atoms with Gasteiger partial charge < -0.3 is 50.5 Å². The summed E-state index contributed by atoms with van der Waals surface area (Å²) < 4.78 is 19.1. The summed E-state index contributed by atoms with van der Waals surface area (Å²) in [5, 5.41) is 45.8. The molecule has 0 saturated carbocycles. The van der Waals surface area contributed by atoms with Crippen LogP contribution in [0.4, 0.5) is 0 Å². The number of carbonyl (C=O) groups excluding carboxylic acids is 11. The summed E-state index contributed by atoms with van der Waals surface area (Å²) in [7, 11) is 0. The number of oxime groups is 1. The minimum absolute atomic E-state index is 0. The van der Waals surface area contributed by atoms with Gasteiger partial charge in [-0.1, -0.05) is 144 Å². The van der Waals surface area contributed by atoms with E-state index in [1.165, 1.54) is 65.0 Å². The Balaban J connectivity index is 0.00000136. The molecule has 0 unspecified atom stereocenters. The number of aliphatic hydroxyl groups excluding tert-OH is 1. The van der Waals surface area contributed by atoms with Gasteiger partial charge in [-0.25, -0.2) is 26.1 Å². The Labute approximate surface area is 728 Å². The van der Waals surface area contributed by atoms with Crippen molar-refractivity contribution in [1.82, 2.24) is 42.0 Å². The van der Waals surface area contributed by atoms with Gasteiger partial charge in [0.05, 0.1) is 82.3 Å². The van der Waals surface area contributed by atoms with Crippen molar-refractivity contribution >= 4 is 186 Å². The quantitative estimate of drug-likeness (QED) is 0.00304. The Kier molecular flexibility index (Phi) is 52.6. The van der Waals surface area contributed by atoms with Crippen LogP contribution in [-0.4, -0.2) is 153 Å². The van der Waals surface area contributed by atoms with Crippen LogP contribution in [0, 0.1) is 60.4 Å². The molecule has 0 fully saturated rings. The fourth-order valence-corrected chi connectivity index (χ4v) is 9.49. The molecule has 2 aliphatic rings. The lowest BCUT2D eigenvalue weighted by molar-refractivity contribution is -0.134. The van der Waals surface area contributed by atoms with Gasteiger partial charge in [0.25, 0.3) is 57.7 Å². The second kappa shape index (κ2) is 59.3. The number of hydroxylamine groups is 1. The largest absolute Gasteiger partial charge is 0.461 e. The third-order valence-corrected chi connectivity index (χ3v) is 17.0. The van der Waals surface area contributed by atoms with E-state index >= 15 is 0 Å². The van der Waals surface area contributed by atoms with E-state index < -0.39 is 28.3 Å². The van der Waals surface area contributed by atoms with E-state index in [9.17, 15) is 52.7 Å². The zero-order chi connectivity index (χ0) is 88.8. The summed E-state index contributed by atoms with van der Waals surface area (Å²) in [5.74, 6) is 6.36. The minimum Gasteiger partial charge on any atom is -0.461 e. The molecule has 4 heterocycles. The fraction of sp³-hybridized carbons (Fsp3) is 0.205. The van der Waals surface area contributed by atoms with Crippen LogP contribution in [0.15, 0.2) is 148 Å². The molecule has 10 rings (SSSR count). The van der Waals surface area contributed by atoms with Gasteiger partial charge in [-0.05, 0) is 123 Å². The highest BCUT2D eigenvalue weighted by molar-refractivity contribution is 6.81. The van der Waals surface area contributed by atoms with Crippen molar-refractivity contribution < 1.29 is 88.2 Å². The zero-order valence-corrected chi connectivity index (χ0v) is 69.6. The number of nitrogens with two attached hydrogens (primary N) is 1. The first kappa shape index (κ1) is 105. The number of nitrogens with zero attached hydrogens (tertiary/aromatic N) is 4. The number of fused-ring (bicyclic) bond motifs is 2. The number of halogens is 10. The van der Waals surface area contributed by atoms with E-state index in [1.807, 2.05) is 0 Å². The van der Waals surface area contributed by atoms with Crippen molar-refractivity contribution in [2.75, 3.05) is 52.5 Å². The lowest BCUT2D eigenvalue weighted by Gasteiger charge is -2.10. The van der Waals surface area contributed by atoms with Crippen molar-refractivity contribution in [3.63, 3.8) is 0 Å². The van der Waals surface area contributed by atoms with Crippen LogP contribution in [0.2, 0.25) is 40.2 Å². The van der Waals surface area contributed by atoms with Crippen molar-refractivity contribution in [1.29, 1.82) is 11.1 Å². The number of nitrogens with one attached hydrogen (secondary N) is 7. The van der Waals surface area contributed by atoms with E-state index in [0.717, 1.165) is 0 Å². The first-order chi connectivity index (χ1) is 56.4. The van der Waals surface area contributed by atoms with Crippen LogP contribution in [0.5, 0.6) is 0 Å². The van der Waals surface area contributed by atoms with Gasteiger partial charge in [-0.15, -0.1) is 49.4 Å². The molecule has 12 N–H and O–H groups in total. The first-order valence-electron chi connectivity index (χ1n) is 33.5. The molecule has 0 radical (unpaired) electrons. The molecular formula is C78H74Cl10N12O18. The first-order valence-corrected chi connectivity index (χ1v) is 37.3. The Morgan fingerprint density at radius 1 is 0.525 bits per heavy atom. The Morgan fingerprint density at radius 3 is 1.24 bits per heavy atom. The Hall–Kier alpha value is -11.4. The average molecular weight is 1820 g/mol. The van der Waals surface area contributed by atoms with E-state index in [2.05, 4.69) is 65.2 Å². The Morgan fingerprint density at radius 2 is 0.898 bits per heavy atom. The number of carbonyl (C=O) groups is 11. The van der Waals surface area contributed by atoms with Crippen LogP contribution in [-0.2, 0) is 27.1 Å². The molecule has 118 heavy (non-hydrogen) atoms. The number of benzene rings is 6. The maximum atomic E-state index is 12.0. The standard InChI is InChI=1S/C15H14Cl2N2O4.C13H11Cl2N3O4.C12H9NO2.C11H9Cl2NO.C8H5NO2.C7H3Cl3O.C4H6ClNO3.C4H7N.C4H6O.H2N2.H2/c1-2-22-15(21)13-8-10(23-19-13)5-6-18-14(20)9-3-4-11(16)12(17)7-9;14-9-2-1-7(5-10(9)15)12(19)16-4-3-8-6-11(18-22-8)13(20)17-21;1-2-3-8-13-11(14)9-6-4-5-7-10(9)12(13)15;1-2-3-6-14-11(15)8-4-5-9(12)10(13)7-8;10-7-5-3-1-2-4-6(5)8(11)9-7;8-5-2-1-4(7(10)11)3-6(5)9;1-2-9-4(7)3(5)6-8;2*1-2-3-4-5;1-2;/h3-4,7-8H,2,5-6H2,1H3,(H,18,20);1-2,5-6,21H,3-4H2,(H,16,19)(H,17,20);1,4-7H,3,8H2;1,4-5,7H,3,6H2,(H,14,15);1-4H,(H,9,10,11);1-3H;8H,2H2,1H3;1H,3-5H2;1,5H,3-4H2;1-2H;1H/b;;;;;;6-3-;;;;. The smallest absolute Gasteiger partial charge is 0.372 e. The molecule has 0 bridgehead atoms. The summed E-state index contributed by atoms with van der Waals surface area (Å²) in [5.41, 5.74) is 20.0. The molecule has 40 heteroatoms. The van der Waals surface area contributed by atoms with Gasteiger partial charge in [0.2, 0.25) is 0 Å². The van der Waals surface area contributed by atoms with E-state index in [4.69, 9.17) is 188 Å². The third kappa shape index (κ3) is 38.1. The van der Waals surface area contributed by atoms with Crippen LogP contribution in [0.25, 0.3) is 0 Å². The van der Waals surface area contributed by atoms with Crippen molar-refractivity contribution in [3.05, 3.63) is 241 Å². The highest BCUT2D eigenvalue weighted by atomic mass is 35.5. The molecule has 8 aromatic rings. The second-order valence-corrected chi connectivity index (χ2v) is 25.6. The van der Waals surface area contributed by atoms with Gasteiger partial charge in [0, 0.05) is 107 Å². The number of aromatic nitrogens is 2. The van der Waals surface area contributed by atoms with Crippen molar-refractivity contribution in [2.24, 2.45) is 10.9 Å². The summed E-state index contributed by atoms with van der Waals surface area (Å²) in [6.45, 7) is 5.86. The summed E-state index contributed by atoms with van der Waals surface area (Å²) in [6, 6.07) is 34.8. The zero-order valence-electron chi connectivity index (χ0n) is 62.0. The predicted molar refractivity (Wildman–Crippen MR) is 448 cm³/mol. The lowest BCUT2D eigenvalue weighted by atomic mass is 10.1. The molecular weight excluding hydrogens is 1750 g/mol. The summed E-state index contributed by atoms with van der Waals surface area (Å²) in [4.78, 5) is 125. The number of aliphatic hydroxyl groups is 1. The van der Waals surface area contributed by atoms with Crippen LogP contribution >= 0.6 is 116 Å². The summed E-state index contributed by atoms with van der Waals surface area (Å²) >= 11 is 56.2. The monoisotopic (exact) mass is 1820 g/mol.